The summed E-state index contributed by atoms with van der Waals surface area (Å²) in [5.74, 6) is -0.0118. The van der Waals surface area contributed by atoms with E-state index in [9.17, 15) is 4.79 Å². The van der Waals surface area contributed by atoms with Gasteiger partial charge in [0.2, 0.25) is 0 Å². The average Bonchev–Trinajstić information content (AvgIpc) is 2.88. The van der Waals surface area contributed by atoms with Gasteiger partial charge in [0.15, 0.2) is 5.78 Å². The van der Waals surface area contributed by atoms with E-state index < -0.39 is 0 Å². The van der Waals surface area contributed by atoms with Crippen LogP contribution in [0.1, 0.15) is 48.8 Å². The molecule has 2 rings (SSSR count). The highest BCUT2D eigenvalue weighted by Gasteiger charge is 2.14. The van der Waals surface area contributed by atoms with Crippen molar-refractivity contribution < 1.29 is 4.79 Å². The van der Waals surface area contributed by atoms with Crippen molar-refractivity contribution in [2.75, 3.05) is 0 Å². The number of carbonyl (C=O) groups excluding carboxylic acids is 1. The summed E-state index contributed by atoms with van der Waals surface area (Å²) in [7, 11) is 0. The molecule has 0 saturated carbocycles. The van der Waals surface area contributed by atoms with Crippen LogP contribution >= 0.6 is 27.5 Å². The van der Waals surface area contributed by atoms with Crippen molar-refractivity contribution >= 4 is 33.3 Å². The summed E-state index contributed by atoms with van der Waals surface area (Å²) >= 11 is 9.45. The van der Waals surface area contributed by atoms with Gasteiger partial charge in [-0.2, -0.15) is 5.10 Å². The second-order valence-electron chi connectivity index (χ2n) is 4.98. The maximum absolute atomic E-state index is 12.3. The summed E-state index contributed by atoms with van der Waals surface area (Å²) in [4.78, 5) is 12.3. The lowest BCUT2D eigenvalue weighted by molar-refractivity contribution is 0.0992. The molecule has 0 N–H and O–H groups in total. The molecule has 21 heavy (non-hydrogen) atoms. The van der Waals surface area contributed by atoms with Crippen LogP contribution in [0.15, 0.2) is 34.9 Å². The minimum atomic E-state index is -0.0118. The Hall–Kier alpha value is -1.13. The van der Waals surface area contributed by atoms with Gasteiger partial charge in [0, 0.05) is 16.2 Å². The molecule has 0 bridgehead atoms. The summed E-state index contributed by atoms with van der Waals surface area (Å²) in [6, 6.07) is 7.60. The molecule has 0 aliphatic heterocycles. The van der Waals surface area contributed by atoms with E-state index in [1.165, 1.54) is 0 Å². The summed E-state index contributed by atoms with van der Waals surface area (Å²) in [5.41, 5.74) is 1.32. The first-order valence-electron chi connectivity index (χ1n) is 7.07. The number of carbonyl (C=O) groups is 1. The van der Waals surface area contributed by atoms with E-state index in [0.29, 0.717) is 16.6 Å². The third-order valence-corrected chi connectivity index (χ3v) is 4.36. The Labute approximate surface area is 138 Å². The van der Waals surface area contributed by atoms with Gasteiger partial charge in [0.1, 0.15) is 0 Å². The molecule has 0 atom stereocenters. The molecule has 1 heterocycles. The molecule has 1 aromatic heterocycles. The van der Waals surface area contributed by atoms with Crippen LogP contribution < -0.4 is 0 Å². The molecule has 3 nitrogen and oxygen atoms in total. The average molecular weight is 370 g/mol. The minimum absolute atomic E-state index is 0.0118. The third kappa shape index (κ3) is 3.95. The first kappa shape index (κ1) is 16.2. The van der Waals surface area contributed by atoms with Crippen LogP contribution in [0.4, 0.5) is 0 Å². The van der Waals surface area contributed by atoms with Gasteiger partial charge >= 0.3 is 0 Å². The molecular formula is C16H18BrClN2O. The molecule has 0 radical (unpaired) electrons. The maximum atomic E-state index is 12.3. The molecule has 1 aromatic carbocycles. The number of Topliss-reactive ketones (excluding diaryl/α,β-unsaturated/α-hetero) is 1. The van der Waals surface area contributed by atoms with Crippen LogP contribution in [-0.4, -0.2) is 15.6 Å². The third-order valence-electron chi connectivity index (χ3n) is 3.55. The van der Waals surface area contributed by atoms with E-state index in [2.05, 4.69) is 34.9 Å². The Morgan fingerprint density at radius 3 is 2.67 bits per heavy atom. The zero-order valence-electron chi connectivity index (χ0n) is 12.1. The van der Waals surface area contributed by atoms with Crippen molar-refractivity contribution in [3.05, 3.63) is 51.2 Å². The SMILES string of the molecule is CCC(CC)n1ccc(CC(=O)c2ccc(Br)cc2Cl)n1. The van der Waals surface area contributed by atoms with E-state index in [1.807, 2.05) is 23.0 Å². The molecule has 0 amide bonds. The Morgan fingerprint density at radius 1 is 1.33 bits per heavy atom. The lowest BCUT2D eigenvalue weighted by Gasteiger charge is -2.12. The van der Waals surface area contributed by atoms with Crippen LogP contribution in [0.25, 0.3) is 0 Å². The second kappa shape index (κ2) is 7.23. The second-order valence-corrected chi connectivity index (χ2v) is 6.30. The van der Waals surface area contributed by atoms with Crippen molar-refractivity contribution in [2.45, 2.75) is 39.2 Å². The van der Waals surface area contributed by atoms with Gasteiger partial charge in [0.05, 0.1) is 23.2 Å². The number of rotatable bonds is 6. The van der Waals surface area contributed by atoms with E-state index in [1.54, 1.807) is 12.1 Å². The topological polar surface area (TPSA) is 34.9 Å². The molecule has 0 saturated heterocycles. The monoisotopic (exact) mass is 368 g/mol. The van der Waals surface area contributed by atoms with E-state index in [-0.39, 0.29) is 12.2 Å². The van der Waals surface area contributed by atoms with Crippen LogP contribution in [-0.2, 0) is 6.42 Å². The van der Waals surface area contributed by atoms with Gasteiger partial charge in [-0.15, -0.1) is 0 Å². The molecule has 112 valence electrons. The molecule has 5 heteroatoms. The first-order valence-corrected chi connectivity index (χ1v) is 8.24. The molecule has 0 fully saturated rings. The summed E-state index contributed by atoms with van der Waals surface area (Å²) in [6.45, 7) is 4.28. The predicted molar refractivity (Wildman–Crippen MR) is 89.0 cm³/mol. The number of benzene rings is 1. The van der Waals surface area contributed by atoms with Crippen molar-refractivity contribution in [2.24, 2.45) is 0 Å². The van der Waals surface area contributed by atoms with Crippen molar-refractivity contribution in [3.63, 3.8) is 0 Å². The largest absolute Gasteiger partial charge is 0.294 e. The fourth-order valence-corrected chi connectivity index (χ4v) is 3.09. The summed E-state index contributed by atoms with van der Waals surface area (Å²) in [6.07, 6.45) is 4.28. The van der Waals surface area contributed by atoms with Gasteiger partial charge in [0.25, 0.3) is 0 Å². The molecule has 2 aromatic rings. The van der Waals surface area contributed by atoms with E-state index in [0.717, 1.165) is 23.0 Å². The quantitative estimate of drug-likeness (QED) is 0.665. The normalized spacial score (nSPS) is 11.1. The number of hydrogen-bond donors (Lipinski definition) is 0. The number of aromatic nitrogens is 2. The lowest BCUT2D eigenvalue weighted by atomic mass is 10.1. The standard InChI is InChI=1S/C16H18BrClN2O/c1-3-13(4-2)20-8-7-12(19-20)10-16(21)14-6-5-11(17)9-15(14)18/h5-9,13H,3-4,10H2,1-2H3. The number of hydrogen-bond acceptors (Lipinski definition) is 2. The molecular weight excluding hydrogens is 352 g/mol. The van der Waals surface area contributed by atoms with E-state index in [4.69, 9.17) is 11.6 Å². The Bertz CT molecular complexity index is 635. The van der Waals surface area contributed by atoms with Crippen molar-refractivity contribution in [3.8, 4) is 0 Å². The fourth-order valence-electron chi connectivity index (χ4n) is 2.31. The zero-order chi connectivity index (χ0) is 15.4. The fraction of sp³-hybridized carbons (Fsp3) is 0.375. The maximum Gasteiger partial charge on any atom is 0.170 e. The number of halogens is 2. The minimum Gasteiger partial charge on any atom is -0.294 e. The van der Waals surface area contributed by atoms with Gasteiger partial charge in [-0.05, 0) is 37.1 Å². The van der Waals surface area contributed by atoms with Crippen LogP contribution in [0.2, 0.25) is 5.02 Å². The molecule has 0 unspecified atom stereocenters. The van der Waals surface area contributed by atoms with Gasteiger partial charge in [-0.1, -0.05) is 41.4 Å². The predicted octanol–water partition coefficient (Wildman–Crippen LogP) is 5.09. The number of nitrogens with zero attached hydrogens (tertiary/aromatic N) is 2. The molecule has 0 aliphatic carbocycles. The van der Waals surface area contributed by atoms with Crippen molar-refractivity contribution in [1.82, 2.24) is 9.78 Å². The highest BCUT2D eigenvalue weighted by molar-refractivity contribution is 9.10. The van der Waals surface area contributed by atoms with Gasteiger partial charge in [-0.3, -0.25) is 9.48 Å². The molecule has 0 spiro atoms. The number of ketones is 1. The highest BCUT2D eigenvalue weighted by Crippen LogP contribution is 2.23. The Balaban J connectivity index is 2.13. The van der Waals surface area contributed by atoms with Gasteiger partial charge < -0.3 is 0 Å². The smallest absolute Gasteiger partial charge is 0.170 e. The Kier molecular flexibility index (Phi) is 5.59. The lowest BCUT2D eigenvalue weighted by Crippen LogP contribution is -2.09. The van der Waals surface area contributed by atoms with Crippen LogP contribution in [0, 0.1) is 0 Å². The summed E-state index contributed by atoms with van der Waals surface area (Å²) < 4.78 is 2.81. The highest BCUT2D eigenvalue weighted by atomic mass is 79.9. The Morgan fingerprint density at radius 2 is 2.05 bits per heavy atom. The van der Waals surface area contributed by atoms with Crippen LogP contribution in [0.5, 0.6) is 0 Å². The first-order chi connectivity index (χ1) is 10.0. The van der Waals surface area contributed by atoms with E-state index >= 15 is 0 Å². The summed E-state index contributed by atoms with van der Waals surface area (Å²) in [5, 5.41) is 4.97. The van der Waals surface area contributed by atoms with Crippen LogP contribution in [0.3, 0.4) is 0 Å². The van der Waals surface area contributed by atoms with Gasteiger partial charge in [-0.25, -0.2) is 0 Å². The zero-order valence-corrected chi connectivity index (χ0v) is 14.5. The van der Waals surface area contributed by atoms with Crippen molar-refractivity contribution in [1.29, 1.82) is 0 Å². The molecule has 0 aliphatic rings.